The summed E-state index contributed by atoms with van der Waals surface area (Å²) in [5.41, 5.74) is 0.853. The molecule has 0 radical (unpaired) electrons. The summed E-state index contributed by atoms with van der Waals surface area (Å²) in [6, 6.07) is 7.60. The van der Waals surface area contributed by atoms with Crippen LogP contribution < -0.4 is 4.74 Å². The van der Waals surface area contributed by atoms with Gasteiger partial charge < -0.3 is 14.6 Å². The number of rotatable bonds is 5. The highest BCUT2D eigenvalue weighted by molar-refractivity contribution is 5.39. The molecular weight excluding hydrogens is 264 g/mol. The minimum atomic E-state index is -0.125. The van der Waals surface area contributed by atoms with E-state index in [4.69, 9.17) is 14.6 Å². The van der Waals surface area contributed by atoms with Crippen molar-refractivity contribution in [2.24, 2.45) is 0 Å². The van der Waals surface area contributed by atoms with Crippen molar-refractivity contribution in [3.8, 4) is 17.6 Å². The Kier molecular flexibility index (Phi) is 7.14. The molecule has 1 N–H and O–H groups in total. The van der Waals surface area contributed by atoms with Crippen molar-refractivity contribution in [2.75, 3.05) is 19.8 Å². The summed E-state index contributed by atoms with van der Waals surface area (Å²) in [5, 5.41) is 8.69. The molecule has 3 nitrogen and oxygen atoms in total. The van der Waals surface area contributed by atoms with Crippen molar-refractivity contribution in [3.05, 3.63) is 29.8 Å². The lowest BCUT2D eigenvalue weighted by Gasteiger charge is -2.15. The first-order valence-electron chi connectivity index (χ1n) is 7.82. The van der Waals surface area contributed by atoms with Crippen molar-refractivity contribution < 1.29 is 14.6 Å². The van der Waals surface area contributed by atoms with Gasteiger partial charge in [-0.3, -0.25) is 0 Å². The van der Waals surface area contributed by atoms with Gasteiger partial charge in [-0.25, -0.2) is 0 Å². The van der Waals surface area contributed by atoms with Crippen LogP contribution in [0.25, 0.3) is 0 Å². The third-order valence-corrected chi connectivity index (χ3v) is 3.65. The second-order valence-electron chi connectivity index (χ2n) is 5.32. The van der Waals surface area contributed by atoms with Crippen molar-refractivity contribution in [1.29, 1.82) is 0 Å². The summed E-state index contributed by atoms with van der Waals surface area (Å²) in [4.78, 5) is 0. The van der Waals surface area contributed by atoms with Gasteiger partial charge in [-0.05, 0) is 31.0 Å². The lowest BCUT2D eigenvalue weighted by molar-refractivity contribution is 0.0254. The van der Waals surface area contributed by atoms with Crippen LogP contribution in [0.4, 0.5) is 0 Å². The zero-order valence-electron chi connectivity index (χ0n) is 12.5. The molecule has 0 aromatic heterocycles. The van der Waals surface area contributed by atoms with Gasteiger partial charge in [-0.2, -0.15) is 0 Å². The Hall–Kier alpha value is -1.50. The van der Waals surface area contributed by atoms with Gasteiger partial charge in [0.25, 0.3) is 0 Å². The highest BCUT2D eigenvalue weighted by Crippen LogP contribution is 2.19. The molecule has 1 aliphatic carbocycles. The molecule has 0 bridgehead atoms. The Morgan fingerprint density at radius 2 is 1.90 bits per heavy atom. The Morgan fingerprint density at radius 3 is 2.67 bits per heavy atom. The number of hydrogen-bond donors (Lipinski definition) is 1. The fourth-order valence-electron chi connectivity index (χ4n) is 2.59. The number of aliphatic hydroxyl groups excluding tert-OH is 1. The predicted molar refractivity (Wildman–Crippen MR) is 83.3 cm³/mol. The lowest BCUT2D eigenvalue weighted by atomic mass is 10.1. The van der Waals surface area contributed by atoms with Gasteiger partial charge in [-0.1, -0.05) is 43.6 Å². The smallest absolute Gasteiger partial charge is 0.120 e. The van der Waals surface area contributed by atoms with Gasteiger partial charge in [0.1, 0.15) is 19.0 Å². The second-order valence-corrected chi connectivity index (χ2v) is 5.32. The molecule has 1 aromatic carbocycles. The molecule has 2 rings (SSSR count). The Labute approximate surface area is 127 Å². The van der Waals surface area contributed by atoms with Crippen LogP contribution in [0, 0.1) is 11.8 Å². The van der Waals surface area contributed by atoms with Crippen molar-refractivity contribution in [1.82, 2.24) is 0 Å². The average Bonchev–Trinajstić information content (AvgIpc) is 2.79. The quantitative estimate of drug-likeness (QED) is 0.514. The Morgan fingerprint density at radius 1 is 1.10 bits per heavy atom. The number of hydrogen-bond acceptors (Lipinski definition) is 3. The third kappa shape index (κ3) is 6.20. The van der Waals surface area contributed by atoms with E-state index >= 15 is 0 Å². The molecule has 21 heavy (non-hydrogen) atoms. The summed E-state index contributed by atoms with van der Waals surface area (Å²) in [6.07, 6.45) is 8.06. The Balaban J connectivity index is 1.70. The van der Waals surface area contributed by atoms with E-state index in [9.17, 15) is 0 Å². The van der Waals surface area contributed by atoms with E-state index in [0.29, 0.717) is 19.3 Å². The number of ether oxygens (including phenoxy) is 2. The maximum atomic E-state index is 8.69. The standard InChI is InChI=1S/C18H24O3/c19-12-6-8-16-7-5-11-18(15-16)21-14-13-20-17-9-3-1-2-4-10-17/h5,7,11,15,17,19H,1-4,9-10,12-14H2. The van der Waals surface area contributed by atoms with Crippen LogP contribution in [0.3, 0.4) is 0 Å². The maximum Gasteiger partial charge on any atom is 0.120 e. The first-order chi connectivity index (χ1) is 10.4. The van der Waals surface area contributed by atoms with E-state index in [2.05, 4.69) is 11.8 Å². The second kappa shape index (κ2) is 9.44. The minimum Gasteiger partial charge on any atom is -0.491 e. The molecule has 0 unspecified atom stereocenters. The summed E-state index contributed by atoms with van der Waals surface area (Å²) < 4.78 is 11.6. The van der Waals surface area contributed by atoms with Gasteiger partial charge in [0.15, 0.2) is 0 Å². The maximum absolute atomic E-state index is 8.69. The molecule has 114 valence electrons. The zero-order chi connectivity index (χ0) is 14.8. The van der Waals surface area contributed by atoms with Gasteiger partial charge >= 0.3 is 0 Å². The minimum absolute atomic E-state index is 0.125. The third-order valence-electron chi connectivity index (χ3n) is 3.65. The van der Waals surface area contributed by atoms with E-state index in [1.165, 1.54) is 38.5 Å². The number of benzene rings is 1. The Bertz CT molecular complexity index is 465. The monoisotopic (exact) mass is 288 g/mol. The molecule has 3 heteroatoms. The van der Waals surface area contributed by atoms with Gasteiger partial charge in [0.2, 0.25) is 0 Å². The normalized spacial score (nSPS) is 15.9. The van der Waals surface area contributed by atoms with Gasteiger partial charge in [0, 0.05) is 5.56 Å². The van der Waals surface area contributed by atoms with Crippen molar-refractivity contribution >= 4 is 0 Å². The topological polar surface area (TPSA) is 38.7 Å². The molecule has 0 atom stereocenters. The highest BCUT2D eigenvalue weighted by Gasteiger charge is 2.12. The molecule has 0 amide bonds. The lowest BCUT2D eigenvalue weighted by Crippen LogP contribution is -2.16. The van der Waals surface area contributed by atoms with Crippen LogP contribution in [0.2, 0.25) is 0 Å². The molecule has 0 aliphatic heterocycles. The van der Waals surface area contributed by atoms with Crippen molar-refractivity contribution in [2.45, 2.75) is 44.6 Å². The first kappa shape index (κ1) is 15.9. The van der Waals surface area contributed by atoms with Gasteiger partial charge in [-0.15, -0.1) is 0 Å². The van der Waals surface area contributed by atoms with E-state index in [1.54, 1.807) is 0 Å². The van der Waals surface area contributed by atoms with Crippen LogP contribution in [0.15, 0.2) is 24.3 Å². The van der Waals surface area contributed by atoms with Crippen LogP contribution >= 0.6 is 0 Å². The van der Waals surface area contributed by atoms with Crippen molar-refractivity contribution in [3.63, 3.8) is 0 Å². The SMILES string of the molecule is OCC#Cc1cccc(OCCOC2CCCCCC2)c1. The fraction of sp³-hybridized carbons (Fsp3) is 0.556. The summed E-state index contributed by atoms with van der Waals surface area (Å²) in [7, 11) is 0. The van der Waals surface area contributed by atoms with Crippen LogP contribution in [-0.2, 0) is 4.74 Å². The largest absolute Gasteiger partial charge is 0.491 e. The van der Waals surface area contributed by atoms with E-state index in [-0.39, 0.29) is 6.61 Å². The number of aliphatic hydroxyl groups is 1. The molecule has 0 saturated heterocycles. The highest BCUT2D eigenvalue weighted by atomic mass is 16.5. The van der Waals surface area contributed by atoms with E-state index in [1.807, 2.05) is 24.3 Å². The predicted octanol–water partition coefficient (Wildman–Crippen LogP) is 3.15. The van der Waals surface area contributed by atoms with Crippen LogP contribution in [0.5, 0.6) is 5.75 Å². The molecular formula is C18H24O3. The van der Waals surface area contributed by atoms with Gasteiger partial charge in [0.05, 0.1) is 12.7 Å². The molecule has 1 aliphatic rings. The molecule has 1 fully saturated rings. The van der Waals surface area contributed by atoms with E-state index in [0.717, 1.165) is 11.3 Å². The zero-order valence-corrected chi connectivity index (χ0v) is 12.5. The van der Waals surface area contributed by atoms with Crippen LogP contribution in [0.1, 0.15) is 44.1 Å². The molecule has 0 spiro atoms. The average molecular weight is 288 g/mol. The first-order valence-corrected chi connectivity index (χ1v) is 7.82. The fourth-order valence-corrected chi connectivity index (χ4v) is 2.59. The summed E-state index contributed by atoms with van der Waals surface area (Å²) >= 11 is 0. The molecule has 1 aromatic rings. The van der Waals surface area contributed by atoms with Crippen LogP contribution in [-0.4, -0.2) is 31.0 Å². The molecule has 1 saturated carbocycles. The molecule has 0 heterocycles. The van der Waals surface area contributed by atoms with E-state index < -0.39 is 0 Å². The summed E-state index contributed by atoms with van der Waals surface area (Å²) in [5.74, 6) is 6.30. The summed E-state index contributed by atoms with van der Waals surface area (Å²) in [6.45, 7) is 1.07.